The highest BCUT2D eigenvalue weighted by Gasteiger charge is 2.06. The molecule has 0 atom stereocenters. The van der Waals surface area contributed by atoms with E-state index in [1.807, 2.05) is 18.2 Å². The fourth-order valence-corrected chi connectivity index (χ4v) is 2.10. The van der Waals surface area contributed by atoms with Crippen LogP contribution in [0.4, 0.5) is 11.5 Å². The number of aromatic nitrogens is 2. The third-order valence-corrected chi connectivity index (χ3v) is 2.92. The minimum Gasteiger partial charge on any atom is -0.495 e. The van der Waals surface area contributed by atoms with E-state index >= 15 is 0 Å². The highest BCUT2D eigenvalue weighted by molar-refractivity contribution is 9.10. The highest BCUT2D eigenvalue weighted by atomic mass is 79.9. The fraction of sp³-hybridized carbons (Fsp3) is 0.167. The van der Waals surface area contributed by atoms with Crippen LogP contribution in [0.5, 0.6) is 5.75 Å². The van der Waals surface area contributed by atoms with Crippen LogP contribution in [0, 0.1) is 6.92 Å². The van der Waals surface area contributed by atoms with Crippen molar-refractivity contribution in [2.24, 2.45) is 0 Å². The third kappa shape index (κ3) is 3.11. The summed E-state index contributed by atoms with van der Waals surface area (Å²) in [5.41, 5.74) is 0.807. The molecule has 6 heteroatoms. The lowest BCUT2D eigenvalue weighted by Crippen LogP contribution is -1.99. The molecule has 94 valence electrons. The van der Waals surface area contributed by atoms with Crippen molar-refractivity contribution >= 4 is 39.0 Å². The van der Waals surface area contributed by atoms with E-state index in [0.29, 0.717) is 16.8 Å². The molecule has 0 aliphatic rings. The molecule has 1 aromatic heterocycles. The first kappa shape index (κ1) is 13.1. The summed E-state index contributed by atoms with van der Waals surface area (Å²) in [7, 11) is 1.62. The van der Waals surface area contributed by atoms with Gasteiger partial charge >= 0.3 is 0 Å². The molecular weight excluding hydrogens is 318 g/mol. The molecule has 0 amide bonds. The van der Waals surface area contributed by atoms with Gasteiger partial charge in [-0.05, 0) is 25.1 Å². The molecule has 0 saturated carbocycles. The van der Waals surface area contributed by atoms with Crippen LogP contribution in [0.2, 0.25) is 5.15 Å². The van der Waals surface area contributed by atoms with E-state index in [2.05, 4.69) is 31.2 Å². The van der Waals surface area contributed by atoms with E-state index in [1.165, 1.54) is 0 Å². The van der Waals surface area contributed by atoms with Crippen LogP contribution in [0.3, 0.4) is 0 Å². The Bertz CT molecular complexity index is 557. The molecule has 0 aliphatic carbocycles. The minimum atomic E-state index is 0.402. The monoisotopic (exact) mass is 327 g/mol. The van der Waals surface area contributed by atoms with Crippen molar-refractivity contribution in [3.63, 3.8) is 0 Å². The summed E-state index contributed by atoms with van der Waals surface area (Å²) in [4.78, 5) is 8.27. The second-order valence-electron chi connectivity index (χ2n) is 3.59. The predicted molar refractivity (Wildman–Crippen MR) is 75.8 cm³/mol. The summed E-state index contributed by atoms with van der Waals surface area (Å²) >= 11 is 9.30. The Morgan fingerprint density at radius 2 is 2.06 bits per heavy atom. The Morgan fingerprint density at radius 1 is 1.28 bits per heavy atom. The first-order chi connectivity index (χ1) is 8.58. The van der Waals surface area contributed by atoms with Crippen molar-refractivity contribution in [1.29, 1.82) is 0 Å². The predicted octanol–water partition coefficient (Wildman–Crippen LogP) is 3.95. The third-order valence-electron chi connectivity index (χ3n) is 2.23. The number of methoxy groups -OCH3 is 1. The van der Waals surface area contributed by atoms with Crippen LogP contribution in [0.25, 0.3) is 0 Å². The maximum absolute atomic E-state index is 5.89. The number of rotatable bonds is 3. The molecule has 0 radical (unpaired) electrons. The Kier molecular flexibility index (Phi) is 4.04. The second-order valence-corrected chi connectivity index (χ2v) is 4.90. The molecule has 1 N–H and O–H groups in total. The molecule has 0 fully saturated rings. The van der Waals surface area contributed by atoms with Gasteiger partial charge < -0.3 is 10.1 Å². The minimum absolute atomic E-state index is 0.402. The Hall–Kier alpha value is -1.33. The zero-order chi connectivity index (χ0) is 13.1. The number of ether oxygens (including phenoxy) is 1. The summed E-state index contributed by atoms with van der Waals surface area (Å²) in [6.07, 6.45) is 0. The quantitative estimate of drug-likeness (QED) is 0.867. The first-order valence-corrected chi connectivity index (χ1v) is 6.37. The van der Waals surface area contributed by atoms with Gasteiger partial charge in [0.25, 0.3) is 0 Å². The van der Waals surface area contributed by atoms with Gasteiger partial charge in [-0.3, -0.25) is 0 Å². The lowest BCUT2D eigenvalue weighted by atomic mass is 10.3. The smallest absolute Gasteiger partial charge is 0.142 e. The van der Waals surface area contributed by atoms with E-state index in [4.69, 9.17) is 16.3 Å². The largest absolute Gasteiger partial charge is 0.495 e. The number of hydrogen-bond acceptors (Lipinski definition) is 4. The summed E-state index contributed by atoms with van der Waals surface area (Å²) in [5, 5.41) is 3.56. The van der Waals surface area contributed by atoms with Gasteiger partial charge in [0, 0.05) is 10.5 Å². The van der Waals surface area contributed by atoms with E-state index in [1.54, 1.807) is 20.1 Å². The van der Waals surface area contributed by atoms with Gasteiger partial charge in [0.2, 0.25) is 0 Å². The fourth-order valence-electron chi connectivity index (χ4n) is 1.51. The normalized spacial score (nSPS) is 10.2. The zero-order valence-electron chi connectivity index (χ0n) is 9.87. The van der Waals surface area contributed by atoms with Crippen LogP contribution in [0.15, 0.2) is 28.7 Å². The van der Waals surface area contributed by atoms with Gasteiger partial charge in [-0.25, -0.2) is 9.97 Å². The molecule has 0 unspecified atom stereocenters. The van der Waals surface area contributed by atoms with Gasteiger partial charge in [0.1, 0.15) is 22.5 Å². The Balaban J connectivity index is 2.35. The number of nitrogens with one attached hydrogen (secondary N) is 1. The van der Waals surface area contributed by atoms with Crippen molar-refractivity contribution in [1.82, 2.24) is 9.97 Å². The van der Waals surface area contributed by atoms with Crippen molar-refractivity contribution in [2.75, 3.05) is 12.4 Å². The molecule has 0 bridgehead atoms. The summed E-state index contributed by atoms with van der Waals surface area (Å²) < 4.78 is 6.22. The Morgan fingerprint density at radius 3 is 2.72 bits per heavy atom. The lowest BCUT2D eigenvalue weighted by molar-refractivity contribution is 0.416. The van der Waals surface area contributed by atoms with Crippen LogP contribution in [0.1, 0.15) is 5.82 Å². The standard InChI is InChI=1S/C12H11BrClN3O/c1-7-15-11(14)6-12(16-7)17-9-5-8(13)3-4-10(9)18-2/h3-6H,1-2H3,(H,15,16,17). The lowest BCUT2D eigenvalue weighted by Gasteiger charge is -2.11. The number of nitrogens with zero attached hydrogens (tertiary/aromatic N) is 2. The first-order valence-electron chi connectivity index (χ1n) is 5.20. The van der Waals surface area contributed by atoms with Crippen molar-refractivity contribution < 1.29 is 4.74 Å². The second kappa shape index (κ2) is 5.54. The van der Waals surface area contributed by atoms with E-state index < -0.39 is 0 Å². The number of aryl methyl sites for hydroxylation is 1. The molecule has 0 saturated heterocycles. The molecular formula is C12H11BrClN3O. The van der Waals surface area contributed by atoms with Gasteiger partial charge in [-0.1, -0.05) is 27.5 Å². The number of anilines is 2. The number of hydrogen-bond donors (Lipinski definition) is 1. The van der Waals surface area contributed by atoms with Crippen molar-refractivity contribution in [3.8, 4) is 5.75 Å². The van der Waals surface area contributed by atoms with E-state index in [0.717, 1.165) is 15.9 Å². The average Bonchev–Trinajstić information content (AvgIpc) is 2.27. The SMILES string of the molecule is COc1ccc(Br)cc1Nc1cc(Cl)nc(C)n1. The molecule has 0 aliphatic heterocycles. The summed E-state index contributed by atoms with van der Waals surface area (Å²) in [6.45, 7) is 1.79. The van der Waals surface area contributed by atoms with Gasteiger partial charge in [0.05, 0.1) is 12.8 Å². The molecule has 18 heavy (non-hydrogen) atoms. The zero-order valence-corrected chi connectivity index (χ0v) is 12.2. The van der Waals surface area contributed by atoms with Gasteiger partial charge in [0.15, 0.2) is 0 Å². The highest BCUT2D eigenvalue weighted by Crippen LogP contribution is 2.30. The molecule has 1 aromatic carbocycles. The molecule has 2 aromatic rings. The van der Waals surface area contributed by atoms with Crippen molar-refractivity contribution in [2.45, 2.75) is 6.92 Å². The maximum atomic E-state index is 5.89. The van der Waals surface area contributed by atoms with E-state index in [9.17, 15) is 0 Å². The average molecular weight is 329 g/mol. The topological polar surface area (TPSA) is 47.0 Å². The molecule has 1 heterocycles. The summed E-state index contributed by atoms with van der Waals surface area (Å²) in [6, 6.07) is 7.34. The van der Waals surface area contributed by atoms with E-state index in [-0.39, 0.29) is 0 Å². The number of halogens is 2. The maximum Gasteiger partial charge on any atom is 0.142 e. The van der Waals surface area contributed by atoms with Crippen LogP contribution in [-0.2, 0) is 0 Å². The summed E-state index contributed by atoms with van der Waals surface area (Å²) in [5.74, 6) is 1.97. The van der Waals surface area contributed by atoms with Gasteiger partial charge in [-0.2, -0.15) is 0 Å². The Labute approximate surface area is 118 Å². The number of benzene rings is 1. The molecule has 4 nitrogen and oxygen atoms in total. The van der Waals surface area contributed by atoms with Crippen LogP contribution in [-0.4, -0.2) is 17.1 Å². The van der Waals surface area contributed by atoms with Crippen molar-refractivity contribution in [3.05, 3.63) is 39.7 Å². The van der Waals surface area contributed by atoms with Crippen LogP contribution >= 0.6 is 27.5 Å². The molecule has 2 rings (SSSR count). The van der Waals surface area contributed by atoms with Gasteiger partial charge in [-0.15, -0.1) is 0 Å². The molecule has 0 spiro atoms. The van der Waals surface area contributed by atoms with Crippen LogP contribution < -0.4 is 10.1 Å².